The first-order chi connectivity index (χ1) is 14.2. The largest absolute Gasteiger partial charge is 0.469 e. The summed E-state index contributed by atoms with van der Waals surface area (Å²) in [5.41, 5.74) is -0.787. The Kier molecular flexibility index (Phi) is 7.64. The molecule has 0 bridgehead atoms. The van der Waals surface area contributed by atoms with Crippen LogP contribution in [0, 0.1) is 26.9 Å². The highest BCUT2D eigenvalue weighted by Crippen LogP contribution is 2.37. The van der Waals surface area contributed by atoms with Crippen molar-refractivity contribution in [1.82, 2.24) is 0 Å². The summed E-state index contributed by atoms with van der Waals surface area (Å²) in [6, 6.07) is 5.70. The molecule has 1 aromatic rings. The summed E-state index contributed by atoms with van der Waals surface area (Å²) < 4.78 is 4.47. The lowest BCUT2D eigenvalue weighted by molar-refractivity contribution is -0.385. The summed E-state index contributed by atoms with van der Waals surface area (Å²) in [5, 5.41) is 23.7. The van der Waals surface area contributed by atoms with Crippen molar-refractivity contribution < 1.29 is 24.0 Å². The van der Waals surface area contributed by atoms with Crippen molar-refractivity contribution in [2.45, 2.75) is 57.8 Å². The Labute approximate surface area is 174 Å². The van der Waals surface area contributed by atoms with E-state index >= 15 is 0 Å². The summed E-state index contributed by atoms with van der Waals surface area (Å²) in [4.78, 5) is 47.2. The van der Waals surface area contributed by atoms with Gasteiger partial charge in [0, 0.05) is 23.6 Å². The second kappa shape index (κ2) is 9.96. The first kappa shape index (κ1) is 23.0. The number of esters is 1. The van der Waals surface area contributed by atoms with Crippen molar-refractivity contribution in [3.05, 3.63) is 33.9 Å². The van der Waals surface area contributed by atoms with Gasteiger partial charge in [-0.3, -0.25) is 24.5 Å². The maximum Gasteiger partial charge on any atom is 0.305 e. The van der Waals surface area contributed by atoms with Gasteiger partial charge in [-0.2, -0.15) is 5.26 Å². The number of rotatable bonds is 8. The minimum atomic E-state index is -1.39. The van der Waals surface area contributed by atoms with Gasteiger partial charge < -0.3 is 10.1 Å². The molecule has 9 heteroatoms. The van der Waals surface area contributed by atoms with E-state index in [9.17, 15) is 29.8 Å². The van der Waals surface area contributed by atoms with Crippen LogP contribution in [-0.4, -0.2) is 29.7 Å². The zero-order valence-electron chi connectivity index (χ0n) is 17.1. The van der Waals surface area contributed by atoms with Gasteiger partial charge in [-0.25, -0.2) is 0 Å². The summed E-state index contributed by atoms with van der Waals surface area (Å²) in [7, 11) is 1.18. The Morgan fingerprint density at radius 1 is 1.27 bits per heavy atom. The number of ether oxygens (including phenoxy) is 1. The molecule has 1 aliphatic carbocycles. The highest BCUT2D eigenvalue weighted by Gasteiger charge is 2.35. The molecule has 0 spiro atoms. The van der Waals surface area contributed by atoms with Gasteiger partial charge in [0.05, 0.1) is 30.1 Å². The van der Waals surface area contributed by atoms with Crippen molar-refractivity contribution in [3.8, 4) is 6.07 Å². The van der Waals surface area contributed by atoms with Crippen molar-refractivity contribution in [2.24, 2.45) is 5.41 Å². The van der Waals surface area contributed by atoms with Gasteiger partial charge in [-0.05, 0) is 25.0 Å². The molecule has 0 radical (unpaired) electrons. The Hall–Kier alpha value is -3.28. The number of carbonyl (C=O) groups is 3. The highest BCUT2D eigenvalue weighted by atomic mass is 16.6. The lowest BCUT2D eigenvalue weighted by Crippen LogP contribution is -2.35. The zero-order valence-corrected chi connectivity index (χ0v) is 17.1. The molecule has 1 saturated carbocycles. The van der Waals surface area contributed by atoms with Crippen LogP contribution in [0.1, 0.15) is 63.4 Å². The molecular formula is C21H25N3O6. The van der Waals surface area contributed by atoms with Gasteiger partial charge in [0.1, 0.15) is 5.92 Å². The van der Waals surface area contributed by atoms with E-state index < -0.39 is 33.7 Å². The quantitative estimate of drug-likeness (QED) is 0.388. The number of benzene rings is 1. The van der Waals surface area contributed by atoms with E-state index in [1.807, 2.05) is 6.92 Å². The number of hydrogen-bond donors (Lipinski definition) is 1. The Morgan fingerprint density at radius 2 is 1.93 bits per heavy atom. The normalized spacial score (nSPS) is 16.0. The van der Waals surface area contributed by atoms with Gasteiger partial charge in [0.25, 0.3) is 5.69 Å². The van der Waals surface area contributed by atoms with Gasteiger partial charge in [0.2, 0.25) is 5.91 Å². The summed E-state index contributed by atoms with van der Waals surface area (Å²) >= 11 is 0. The van der Waals surface area contributed by atoms with Crippen LogP contribution < -0.4 is 5.32 Å². The van der Waals surface area contributed by atoms with E-state index in [4.69, 9.17) is 0 Å². The third-order valence-corrected chi connectivity index (χ3v) is 5.56. The van der Waals surface area contributed by atoms with Crippen LogP contribution in [0.3, 0.4) is 0 Å². The minimum absolute atomic E-state index is 0.0701. The third kappa shape index (κ3) is 5.41. The van der Waals surface area contributed by atoms with Crippen LogP contribution in [0.5, 0.6) is 0 Å². The molecule has 2 rings (SSSR count). The molecule has 0 heterocycles. The molecule has 1 atom stereocenters. The van der Waals surface area contributed by atoms with E-state index in [-0.39, 0.29) is 30.0 Å². The number of ketones is 1. The van der Waals surface area contributed by atoms with Crippen LogP contribution in [0.15, 0.2) is 18.2 Å². The van der Waals surface area contributed by atoms with Crippen molar-refractivity contribution >= 4 is 29.0 Å². The molecule has 0 saturated heterocycles. The second-order valence-corrected chi connectivity index (χ2v) is 7.71. The predicted octanol–water partition coefficient (Wildman–Crippen LogP) is 3.63. The predicted molar refractivity (Wildman–Crippen MR) is 108 cm³/mol. The van der Waals surface area contributed by atoms with E-state index in [1.54, 1.807) is 6.07 Å². The van der Waals surface area contributed by atoms with E-state index in [0.717, 1.165) is 38.2 Å². The van der Waals surface area contributed by atoms with E-state index in [0.29, 0.717) is 0 Å². The summed E-state index contributed by atoms with van der Waals surface area (Å²) in [6.07, 6.45) is 4.03. The minimum Gasteiger partial charge on any atom is -0.469 e. The molecule has 160 valence electrons. The van der Waals surface area contributed by atoms with Crippen LogP contribution in [0.25, 0.3) is 0 Å². The van der Waals surface area contributed by atoms with Crippen molar-refractivity contribution in [2.75, 3.05) is 12.4 Å². The van der Waals surface area contributed by atoms with Gasteiger partial charge in [0.15, 0.2) is 5.78 Å². The molecule has 1 aliphatic rings. The number of nitro groups is 1. The first-order valence-corrected chi connectivity index (χ1v) is 9.81. The summed E-state index contributed by atoms with van der Waals surface area (Å²) in [6.45, 7) is 1.88. The number of nitrogens with one attached hydrogen (secondary N) is 1. The molecular weight excluding hydrogens is 390 g/mol. The topological polar surface area (TPSA) is 139 Å². The van der Waals surface area contributed by atoms with Crippen molar-refractivity contribution in [1.29, 1.82) is 5.26 Å². The molecule has 1 aromatic carbocycles. The molecule has 30 heavy (non-hydrogen) atoms. The zero-order chi connectivity index (χ0) is 22.3. The van der Waals surface area contributed by atoms with Crippen LogP contribution in [-0.2, 0) is 19.1 Å². The molecule has 1 unspecified atom stereocenters. The number of nitrogens with zero attached hydrogens (tertiary/aromatic N) is 2. The second-order valence-electron chi connectivity index (χ2n) is 7.71. The van der Waals surface area contributed by atoms with Crippen LogP contribution in [0.4, 0.5) is 11.4 Å². The van der Waals surface area contributed by atoms with Gasteiger partial charge in [-0.15, -0.1) is 0 Å². The number of amides is 1. The van der Waals surface area contributed by atoms with Crippen molar-refractivity contribution in [3.63, 3.8) is 0 Å². The van der Waals surface area contributed by atoms with Crippen LogP contribution in [0.2, 0.25) is 0 Å². The SMILES string of the molecule is COC(=O)CCC(=O)C(C#N)c1ccc(NC(=O)C2(C)CCCCC2)cc1[N+](=O)[O-]. The number of nitriles is 1. The smallest absolute Gasteiger partial charge is 0.305 e. The third-order valence-electron chi connectivity index (χ3n) is 5.56. The first-order valence-electron chi connectivity index (χ1n) is 9.81. The number of nitro benzene ring substituents is 1. The maximum absolute atomic E-state index is 12.7. The average molecular weight is 415 g/mol. The van der Waals surface area contributed by atoms with E-state index in [2.05, 4.69) is 10.1 Å². The maximum atomic E-state index is 12.7. The fourth-order valence-electron chi connectivity index (χ4n) is 3.65. The number of carbonyl (C=O) groups excluding carboxylic acids is 3. The average Bonchev–Trinajstić information content (AvgIpc) is 2.73. The van der Waals surface area contributed by atoms with E-state index in [1.165, 1.54) is 19.2 Å². The van der Waals surface area contributed by atoms with Crippen LogP contribution >= 0.6 is 0 Å². The molecule has 1 fully saturated rings. The molecule has 1 N–H and O–H groups in total. The lowest BCUT2D eigenvalue weighted by Gasteiger charge is -2.32. The Morgan fingerprint density at radius 3 is 2.50 bits per heavy atom. The number of hydrogen-bond acceptors (Lipinski definition) is 7. The highest BCUT2D eigenvalue weighted by molar-refractivity contribution is 5.96. The molecule has 9 nitrogen and oxygen atoms in total. The molecule has 0 aromatic heterocycles. The Balaban J connectivity index is 2.24. The number of methoxy groups -OCH3 is 1. The fraction of sp³-hybridized carbons (Fsp3) is 0.524. The lowest BCUT2D eigenvalue weighted by atomic mass is 9.75. The monoisotopic (exact) mass is 415 g/mol. The van der Waals surface area contributed by atoms with Gasteiger partial charge >= 0.3 is 5.97 Å². The molecule has 1 amide bonds. The Bertz CT molecular complexity index is 883. The summed E-state index contributed by atoms with van der Waals surface area (Å²) in [5.74, 6) is -2.81. The number of anilines is 1. The standard InChI is InChI=1S/C21H25N3O6/c1-21(10-4-3-5-11-21)20(27)23-14-6-7-15(17(12-14)24(28)29)16(13-22)18(25)8-9-19(26)30-2/h6-7,12,16H,3-5,8-11H2,1-2H3,(H,23,27). The molecule has 0 aliphatic heterocycles. The van der Waals surface area contributed by atoms with Gasteiger partial charge in [-0.1, -0.05) is 26.2 Å². The number of Topliss-reactive ketones (excluding diaryl/α,β-unsaturated/α-hetero) is 1. The fourth-order valence-corrected chi connectivity index (χ4v) is 3.65.